The number of hydrogen-bond donors (Lipinski definition) is 0. The predicted molar refractivity (Wildman–Crippen MR) is 91.7 cm³/mol. The molecule has 4 rings (SSSR count). The highest BCUT2D eigenvalue weighted by Gasteiger charge is 2.41. The topological polar surface area (TPSA) is 41.5 Å². The van der Waals surface area contributed by atoms with E-state index in [1.807, 2.05) is 11.3 Å². The fraction of sp³-hybridized carbons (Fsp3) is 0.529. The highest BCUT2D eigenvalue weighted by Crippen LogP contribution is 2.35. The highest BCUT2D eigenvalue weighted by molar-refractivity contribution is 7.09. The summed E-state index contributed by atoms with van der Waals surface area (Å²) >= 11 is 1.81. The van der Waals surface area contributed by atoms with Gasteiger partial charge in [-0.15, -0.1) is 11.3 Å². The van der Waals surface area contributed by atoms with E-state index in [0.717, 1.165) is 45.8 Å². The van der Waals surface area contributed by atoms with Gasteiger partial charge in [-0.25, -0.2) is 14.4 Å². The van der Waals surface area contributed by atoms with Gasteiger partial charge in [-0.1, -0.05) is 6.07 Å². The normalized spacial score (nSPS) is 25.3. The third-order valence-electron chi connectivity index (χ3n) is 4.81. The fourth-order valence-electron chi connectivity index (χ4n) is 3.66. The van der Waals surface area contributed by atoms with Crippen molar-refractivity contribution < 1.29 is 9.13 Å². The van der Waals surface area contributed by atoms with Crippen molar-refractivity contribution in [3.63, 3.8) is 0 Å². The molecule has 24 heavy (non-hydrogen) atoms. The largest absolute Gasteiger partial charge is 0.379 e. The van der Waals surface area contributed by atoms with Gasteiger partial charge in [-0.05, 0) is 24.4 Å². The summed E-state index contributed by atoms with van der Waals surface area (Å²) in [6, 6.07) is 4.30. The highest BCUT2D eigenvalue weighted by atomic mass is 32.1. The predicted octanol–water partition coefficient (Wildman–Crippen LogP) is 2.41. The minimum absolute atomic E-state index is 0.103. The van der Waals surface area contributed by atoms with Gasteiger partial charge in [0.1, 0.15) is 0 Å². The molecule has 0 aliphatic carbocycles. The molecule has 128 valence electrons. The van der Waals surface area contributed by atoms with Gasteiger partial charge in [0.15, 0.2) is 5.82 Å². The molecule has 0 aromatic carbocycles. The average Bonchev–Trinajstić information content (AvgIpc) is 3.17. The van der Waals surface area contributed by atoms with Crippen LogP contribution in [0.2, 0.25) is 0 Å². The quantitative estimate of drug-likeness (QED) is 0.852. The summed E-state index contributed by atoms with van der Waals surface area (Å²) in [6.45, 7) is 6.14. The zero-order valence-corrected chi connectivity index (χ0v) is 14.3. The third kappa shape index (κ3) is 3.43. The molecular formula is C17H21FN4OS. The zero-order valence-electron chi connectivity index (χ0n) is 13.5. The van der Waals surface area contributed by atoms with E-state index in [-0.39, 0.29) is 5.41 Å². The maximum atomic E-state index is 13.1. The van der Waals surface area contributed by atoms with E-state index < -0.39 is 5.82 Å². The Morgan fingerprint density at radius 3 is 2.92 bits per heavy atom. The number of nitrogens with zero attached hydrogens (tertiary/aromatic N) is 4. The van der Waals surface area contributed by atoms with Crippen molar-refractivity contribution in [3.8, 4) is 0 Å². The second-order valence-corrected chi connectivity index (χ2v) is 7.75. The lowest BCUT2D eigenvalue weighted by Crippen LogP contribution is -2.41. The van der Waals surface area contributed by atoms with Crippen LogP contribution in [0.15, 0.2) is 29.9 Å². The van der Waals surface area contributed by atoms with Crippen LogP contribution in [-0.4, -0.2) is 54.3 Å². The van der Waals surface area contributed by atoms with E-state index in [1.54, 1.807) is 0 Å². The maximum Gasteiger partial charge on any atom is 0.225 e. The summed E-state index contributed by atoms with van der Waals surface area (Å²) in [4.78, 5) is 14.3. The monoisotopic (exact) mass is 348 g/mol. The van der Waals surface area contributed by atoms with Crippen LogP contribution >= 0.6 is 11.3 Å². The van der Waals surface area contributed by atoms with Crippen LogP contribution in [0.1, 0.15) is 11.3 Å². The van der Waals surface area contributed by atoms with Gasteiger partial charge >= 0.3 is 0 Å². The Balaban J connectivity index is 1.47. The molecule has 0 radical (unpaired) electrons. The van der Waals surface area contributed by atoms with Gasteiger partial charge in [0.25, 0.3) is 0 Å². The minimum Gasteiger partial charge on any atom is -0.379 e. The number of anilines is 1. The van der Waals surface area contributed by atoms with E-state index in [9.17, 15) is 4.39 Å². The molecule has 0 amide bonds. The average molecular weight is 348 g/mol. The van der Waals surface area contributed by atoms with Gasteiger partial charge in [0.05, 0.1) is 25.6 Å². The van der Waals surface area contributed by atoms with Crippen molar-refractivity contribution >= 4 is 17.3 Å². The van der Waals surface area contributed by atoms with Crippen molar-refractivity contribution in [1.29, 1.82) is 0 Å². The van der Waals surface area contributed by atoms with Crippen molar-refractivity contribution in [2.45, 2.75) is 13.0 Å². The summed E-state index contributed by atoms with van der Waals surface area (Å²) < 4.78 is 19.0. The number of aromatic nitrogens is 2. The molecule has 1 spiro atoms. The summed E-state index contributed by atoms with van der Waals surface area (Å²) in [5, 5.41) is 2.13. The van der Waals surface area contributed by atoms with Crippen LogP contribution in [0.4, 0.5) is 10.3 Å². The molecule has 0 saturated carbocycles. The smallest absolute Gasteiger partial charge is 0.225 e. The molecule has 0 N–H and O–H groups in total. The van der Waals surface area contributed by atoms with Crippen molar-refractivity contribution in [1.82, 2.24) is 14.9 Å². The summed E-state index contributed by atoms with van der Waals surface area (Å²) in [5.41, 5.74) is 0.103. The molecule has 2 fully saturated rings. The Bertz CT molecular complexity index is 666. The van der Waals surface area contributed by atoms with E-state index in [1.165, 1.54) is 17.3 Å². The van der Waals surface area contributed by atoms with Crippen LogP contribution in [0, 0.1) is 11.2 Å². The molecule has 7 heteroatoms. The van der Waals surface area contributed by atoms with Crippen LogP contribution in [0.5, 0.6) is 0 Å². The molecule has 0 bridgehead atoms. The maximum absolute atomic E-state index is 13.1. The van der Waals surface area contributed by atoms with Gasteiger partial charge in [-0.2, -0.15) is 0 Å². The van der Waals surface area contributed by atoms with Crippen molar-refractivity contribution in [2.75, 3.05) is 44.3 Å². The van der Waals surface area contributed by atoms with Crippen molar-refractivity contribution in [3.05, 3.63) is 40.6 Å². The number of likely N-dealkylation sites (tertiary alicyclic amines) is 1. The Kier molecular flexibility index (Phi) is 4.47. The molecule has 4 heterocycles. The van der Waals surface area contributed by atoms with Gasteiger partial charge < -0.3 is 9.64 Å². The lowest BCUT2D eigenvalue weighted by atomic mass is 9.87. The van der Waals surface area contributed by atoms with Crippen molar-refractivity contribution in [2.24, 2.45) is 5.41 Å². The van der Waals surface area contributed by atoms with Gasteiger partial charge in [0.2, 0.25) is 5.95 Å². The molecule has 2 aliphatic heterocycles. The van der Waals surface area contributed by atoms with Gasteiger partial charge in [0, 0.05) is 36.5 Å². The number of thiophene rings is 1. The van der Waals surface area contributed by atoms with Crippen LogP contribution in [0.25, 0.3) is 0 Å². The van der Waals surface area contributed by atoms with E-state index >= 15 is 0 Å². The van der Waals surface area contributed by atoms with Gasteiger partial charge in [-0.3, -0.25) is 4.90 Å². The molecule has 1 atom stereocenters. The SMILES string of the molecule is Fc1cnc(N2CCOC[C@]3(CCN(Cc4cccs4)C3)C2)nc1. The second-order valence-electron chi connectivity index (χ2n) is 6.72. The Morgan fingerprint density at radius 1 is 1.25 bits per heavy atom. The molecule has 0 unspecified atom stereocenters. The first-order chi connectivity index (χ1) is 11.7. The lowest BCUT2D eigenvalue weighted by Gasteiger charge is -2.31. The third-order valence-corrected chi connectivity index (χ3v) is 5.67. The molecule has 2 aliphatic rings. The van der Waals surface area contributed by atoms with Crippen LogP contribution < -0.4 is 4.90 Å². The van der Waals surface area contributed by atoms with E-state index in [2.05, 4.69) is 37.3 Å². The molecule has 2 aromatic rings. The van der Waals surface area contributed by atoms with Crippen LogP contribution in [0.3, 0.4) is 0 Å². The molecule has 5 nitrogen and oxygen atoms in total. The van der Waals surface area contributed by atoms with Crippen LogP contribution in [-0.2, 0) is 11.3 Å². The number of halogens is 1. The van der Waals surface area contributed by atoms with E-state index in [0.29, 0.717) is 12.6 Å². The molecule has 2 aromatic heterocycles. The summed E-state index contributed by atoms with van der Waals surface area (Å²) in [7, 11) is 0. The minimum atomic E-state index is -0.400. The number of ether oxygens (including phenoxy) is 1. The molecule has 2 saturated heterocycles. The first-order valence-corrected chi connectivity index (χ1v) is 9.15. The summed E-state index contributed by atoms with van der Waals surface area (Å²) in [6.07, 6.45) is 3.58. The van der Waals surface area contributed by atoms with E-state index in [4.69, 9.17) is 4.74 Å². The summed E-state index contributed by atoms with van der Waals surface area (Å²) in [5.74, 6) is 0.195. The fourth-order valence-corrected chi connectivity index (χ4v) is 4.41. The number of rotatable bonds is 3. The number of hydrogen-bond acceptors (Lipinski definition) is 6. The first kappa shape index (κ1) is 15.9. The Hall–Kier alpha value is -1.57. The molecular weight excluding hydrogens is 327 g/mol. The zero-order chi connectivity index (χ0) is 16.4. The Morgan fingerprint density at radius 2 is 2.12 bits per heavy atom. The first-order valence-electron chi connectivity index (χ1n) is 8.27. The standard InChI is InChI=1S/C17H21FN4OS/c18-14-8-19-16(20-9-14)22-5-6-23-13-17(12-22)3-4-21(11-17)10-15-2-1-7-24-15/h1-2,7-9H,3-6,10-13H2/t17-/m0/s1. The lowest BCUT2D eigenvalue weighted by molar-refractivity contribution is 0.0731. The second kappa shape index (κ2) is 6.74. The Labute approximate surface area is 145 Å².